The van der Waals surface area contributed by atoms with Gasteiger partial charge in [-0.05, 0) is 30.4 Å². The number of hydrogen-bond acceptors (Lipinski definition) is 4. The van der Waals surface area contributed by atoms with E-state index in [0.29, 0.717) is 19.5 Å². The van der Waals surface area contributed by atoms with Gasteiger partial charge in [0.2, 0.25) is 0 Å². The molecule has 94 valence electrons. The number of likely N-dealkylation sites (tertiary alicyclic amines) is 1. The van der Waals surface area contributed by atoms with E-state index < -0.39 is 11.5 Å². The first-order valence-corrected chi connectivity index (χ1v) is 6.68. The zero-order chi connectivity index (χ0) is 12.6. The molecule has 1 fully saturated rings. The number of aliphatic carboxylic acids is 1. The van der Waals surface area contributed by atoms with Crippen LogP contribution in [0.2, 0.25) is 4.34 Å². The van der Waals surface area contributed by atoms with Crippen molar-refractivity contribution >= 4 is 28.9 Å². The standard InChI is InChI=1S/C11H15ClN2O2S/c1-7(8-4-9(12)17-5-8)14-3-2-11(13,6-14)10(15)16/h4-5,7H,2-3,6,13H2,1H3,(H,15,16). The zero-order valence-corrected chi connectivity index (χ0v) is 11.1. The van der Waals surface area contributed by atoms with E-state index in [0.717, 1.165) is 9.90 Å². The first-order valence-electron chi connectivity index (χ1n) is 5.43. The molecule has 3 N–H and O–H groups in total. The van der Waals surface area contributed by atoms with Crippen LogP contribution in [0.4, 0.5) is 0 Å². The summed E-state index contributed by atoms with van der Waals surface area (Å²) in [6, 6.07) is 2.08. The lowest BCUT2D eigenvalue weighted by molar-refractivity contribution is -0.142. The minimum atomic E-state index is -1.10. The summed E-state index contributed by atoms with van der Waals surface area (Å²) in [5.74, 6) is -0.921. The van der Waals surface area contributed by atoms with Gasteiger partial charge < -0.3 is 10.8 Å². The van der Waals surface area contributed by atoms with Gasteiger partial charge >= 0.3 is 5.97 Å². The Morgan fingerprint density at radius 1 is 1.76 bits per heavy atom. The molecule has 2 unspecified atom stereocenters. The molecule has 2 heterocycles. The van der Waals surface area contributed by atoms with Crippen molar-refractivity contribution in [2.24, 2.45) is 5.73 Å². The number of nitrogens with two attached hydrogens (primary N) is 1. The van der Waals surface area contributed by atoms with Gasteiger partial charge in [-0.1, -0.05) is 11.6 Å². The smallest absolute Gasteiger partial charge is 0.325 e. The molecule has 0 aliphatic carbocycles. The largest absolute Gasteiger partial charge is 0.480 e. The lowest BCUT2D eigenvalue weighted by atomic mass is 10.0. The Kier molecular flexibility index (Phi) is 3.45. The number of rotatable bonds is 3. The van der Waals surface area contributed by atoms with Crippen molar-refractivity contribution in [3.8, 4) is 0 Å². The number of nitrogens with zero attached hydrogens (tertiary/aromatic N) is 1. The van der Waals surface area contributed by atoms with Crippen LogP contribution in [0, 0.1) is 0 Å². The van der Waals surface area contributed by atoms with Crippen LogP contribution in [0.1, 0.15) is 24.9 Å². The monoisotopic (exact) mass is 274 g/mol. The van der Waals surface area contributed by atoms with Crippen molar-refractivity contribution < 1.29 is 9.90 Å². The number of thiophene rings is 1. The van der Waals surface area contributed by atoms with Crippen LogP contribution in [0.25, 0.3) is 0 Å². The van der Waals surface area contributed by atoms with Gasteiger partial charge in [-0.3, -0.25) is 9.69 Å². The molecule has 4 nitrogen and oxygen atoms in total. The van der Waals surface area contributed by atoms with Crippen molar-refractivity contribution in [2.45, 2.75) is 24.9 Å². The number of hydrogen-bond donors (Lipinski definition) is 2. The topological polar surface area (TPSA) is 66.6 Å². The molecule has 0 spiro atoms. The maximum Gasteiger partial charge on any atom is 0.325 e. The molecule has 2 rings (SSSR count). The second-order valence-electron chi connectivity index (χ2n) is 4.54. The van der Waals surface area contributed by atoms with Crippen LogP contribution in [0.15, 0.2) is 11.4 Å². The average molecular weight is 275 g/mol. The highest BCUT2D eigenvalue weighted by Gasteiger charge is 2.42. The van der Waals surface area contributed by atoms with Gasteiger partial charge in [-0.25, -0.2) is 0 Å². The number of carboxylic acid groups (broad SMARTS) is 1. The molecule has 2 atom stereocenters. The molecule has 0 aromatic carbocycles. The van der Waals surface area contributed by atoms with Crippen molar-refractivity contribution in [3.63, 3.8) is 0 Å². The molecule has 0 saturated carbocycles. The molecule has 0 bridgehead atoms. The van der Waals surface area contributed by atoms with E-state index >= 15 is 0 Å². The van der Waals surface area contributed by atoms with E-state index in [2.05, 4.69) is 4.90 Å². The van der Waals surface area contributed by atoms with Crippen LogP contribution in [0.5, 0.6) is 0 Å². The van der Waals surface area contributed by atoms with Crippen molar-refractivity contribution in [1.82, 2.24) is 4.90 Å². The molecule has 1 aromatic heterocycles. The predicted octanol–water partition coefficient (Wildman–Crippen LogP) is 1.95. The first kappa shape index (κ1) is 12.8. The molecule has 17 heavy (non-hydrogen) atoms. The molecule has 6 heteroatoms. The molecule has 1 aromatic rings. The fourth-order valence-corrected chi connectivity index (χ4v) is 3.10. The van der Waals surface area contributed by atoms with Gasteiger partial charge in [0.25, 0.3) is 0 Å². The van der Waals surface area contributed by atoms with E-state index in [1.54, 1.807) is 0 Å². The highest BCUT2D eigenvalue weighted by Crippen LogP contribution is 2.32. The number of halogens is 1. The second-order valence-corrected chi connectivity index (χ2v) is 6.08. The number of carboxylic acids is 1. The van der Waals surface area contributed by atoms with E-state index in [9.17, 15) is 4.79 Å². The summed E-state index contributed by atoms with van der Waals surface area (Å²) in [6.07, 6.45) is 0.491. The molecular formula is C11H15ClN2O2S. The molecule has 0 radical (unpaired) electrons. The summed E-state index contributed by atoms with van der Waals surface area (Å²) in [4.78, 5) is 13.2. The molecular weight excluding hydrogens is 260 g/mol. The highest BCUT2D eigenvalue weighted by molar-refractivity contribution is 7.14. The average Bonchev–Trinajstić information content (AvgIpc) is 2.85. The fourth-order valence-electron chi connectivity index (χ4n) is 2.12. The summed E-state index contributed by atoms with van der Waals surface area (Å²) >= 11 is 7.39. The van der Waals surface area contributed by atoms with E-state index in [1.807, 2.05) is 18.4 Å². The Bertz CT molecular complexity index is 437. The van der Waals surface area contributed by atoms with E-state index in [-0.39, 0.29) is 6.04 Å². The fraction of sp³-hybridized carbons (Fsp3) is 0.545. The predicted molar refractivity (Wildman–Crippen MR) is 68.5 cm³/mol. The van der Waals surface area contributed by atoms with Crippen LogP contribution >= 0.6 is 22.9 Å². The molecule has 1 saturated heterocycles. The van der Waals surface area contributed by atoms with Crippen LogP contribution in [-0.2, 0) is 4.79 Å². The summed E-state index contributed by atoms with van der Waals surface area (Å²) in [5, 5.41) is 11.1. The second kappa shape index (κ2) is 4.57. The van der Waals surface area contributed by atoms with Gasteiger partial charge in [0.05, 0.1) is 4.34 Å². The SMILES string of the molecule is CC(c1csc(Cl)c1)N1CCC(N)(C(=O)O)C1. The van der Waals surface area contributed by atoms with Gasteiger partial charge in [-0.2, -0.15) is 0 Å². The third-order valence-electron chi connectivity index (χ3n) is 3.37. The summed E-state index contributed by atoms with van der Waals surface area (Å²) in [6.45, 7) is 3.14. The molecule has 1 aliphatic rings. The van der Waals surface area contributed by atoms with Gasteiger partial charge in [0.1, 0.15) is 5.54 Å². The van der Waals surface area contributed by atoms with Crippen molar-refractivity contribution in [3.05, 3.63) is 21.3 Å². The van der Waals surface area contributed by atoms with Gasteiger partial charge in [-0.15, -0.1) is 11.3 Å². The lowest BCUT2D eigenvalue weighted by Crippen LogP contribution is -2.50. The highest BCUT2D eigenvalue weighted by atomic mass is 35.5. The third-order valence-corrected chi connectivity index (χ3v) is 4.48. The Labute approximate surface area is 109 Å². The van der Waals surface area contributed by atoms with Crippen LogP contribution < -0.4 is 5.73 Å². The van der Waals surface area contributed by atoms with E-state index in [1.165, 1.54) is 11.3 Å². The van der Waals surface area contributed by atoms with E-state index in [4.69, 9.17) is 22.4 Å². The zero-order valence-electron chi connectivity index (χ0n) is 9.52. The number of carbonyl (C=O) groups is 1. The van der Waals surface area contributed by atoms with Crippen molar-refractivity contribution in [2.75, 3.05) is 13.1 Å². The van der Waals surface area contributed by atoms with Crippen molar-refractivity contribution in [1.29, 1.82) is 0 Å². The Hall–Kier alpha value is -0.620. The minimum absolute atomic E-state index is 0.156. The minimum Gasteiger partial charge on any atom is -0.480 e. The maximum atomic E-state index is 11.1. The maximum absolute atomic E-state index is 11.1. The lowest BCUT2D eigenvalue weighted by Gasteiger charge is -2.25. The normalized spacial score (nSPS) is 27.2. The molecule has 1 aliphatic heterocycles. The van der Waals surface area contributed by atoms with Crippen LogP contribution in [-0.4, -0.2) is 34.6 Å². The third kappa shape index (κ3) is 2.47. The Balaban J connectivity index is 2.08. The summed E-state index contributed by atoms with van der Waals surface area (Å²) in [7, 11) is 0. The Morgan fingerprint density at radius 2 is 2.47 bits per heavy atom. The van der Waals surface area contributed by atoms with Crippen LogP contribution in [0.3, 0.4) is 0 Å². The first-order chi connectivity index (χ1) is 7.92. The van der Waals surface area contributed by atoms with Gasteiger partial charge in [0, 0.05) is 19.1 Å². The summed E-state index contributed by atoms with van der Waals surface area (Å²) < 4.78 is 0.753. The van der Waals surface area contributed by atoms with Gasteiger partial charge in [0.15, 0.2) is 0 Å². The quantitative estimate of drug-likeness (QED) is 0.884. The Morgan fingerprint density at radius 3 is 2.94 bits per heavy atom. The molecule has 0 amide bonds. The summed E-state index contributed by atoms with van der Waals surface area (Å²) in [5.41, 5.74) is 5.87.